The van der Waals surface area contributed by atoms with Gasteiger partial charge in [0.25, 0.3) is 5.91 Å². The van der Waals surface area contributed by atoms with Gasteiger partial charge >= 0.3 is 0 Å². The van der Waals surface area contributed by atoms with Gasteiger partial charge in [-0.25, -0.2) is 19.2 Å². The van der Waals surface area contributed by atoms with E-state index in [9.17, 15) is 13.6 Å². The summed E-state index contributed by atoms with van der Waals surface area (Å²) in [6.07, 6.45) is 4.27. The number of benzene rings is 1. The summed E-state index contributed by atoms with van der Waals surface area (Å²) in [4.78, 5) is 20.6. The van der Waals surface area contributed by atoms with Crippen LogP contribution in [-0.4, -0.2) is 22.4 Å². The Bertz CT molecular complexity index is 929. The van der Waals surface area contributed by atoms with Gasteiger partial charge in [-0.3, -0.25) is 9.63 Å². The van der Waals surface area contributed by atoms with Crippen molar-refractivity contribution in [3.63, 3.8) is 0 Å². The van der Waals surface area contributed by atoms with Crippen molar-refractivity contribution in [1.29, 1.82) is 0 Å². The molecule has 1 aromatic carbocycles. The van der Waals surface area contributed by atoms with Crippen molar-refractivity contribution in [2.45, 2.75) is 0 Å². The van der Waals surface area contributed by atoms with E-state index in [0.29, 0.717) is 3.57 Å². The first-order valence-electron chi connectivity index (χ1n) is 6.72. The largest absolute Gasteiger partial charge is 0.350 e. The van der Waals surface area contributed by atoms with Gasteiger partial charge in [0.1, 0.15) is 5.82 Å². The lowest BCUT2D eigenvalue weighted by Crippen LogP contribution is -2.24. The number of pyridine rings is 1. The lowest BCUT2D eigenvalue weighted by atomic mass is 10.2. The number of rotatable bonds is 4. The van der Waals surface area contributed by atoms with Crippen molar-refractivity contribution >= 4 is 45.5 Å². The first kappa shape index (κ1) is 16.6. The summed E-state index contributed by atoms with van der Waals surface area (Å²) in [5.41, 5.74) is 1.92. The molecule has 124 valence electrons. The van der Waals surface area contributed by atoms with E-state index in [-0.39, 0.29) is 22.6 Å². The quantitative estimate of drug-likeness (QED) is 0.479. The molecule has 0 fully saturated rings. The molecule has 6 nitrogen and oxygen atoms in total. The number of carbonyl (C=O) groups excluding carboxylic acids is 1. The molecule has 0 radical (unpaired) electrons. The van der Waals surface area contributed by atoms with Gasteiger partial charge in [-0.2, -0.15) is 0 Å². The summed E-state index contributed by atoms with van der Waals surface area (Å²) in [7, 11) is 1.26. The lowest BCUT2D eigenvalue weighted by molar-refractivity contribution is 0.0538. The summed E-state index contributed by atoms with van der Waals surface area (Å²) in [6, 6.07) is 4.42. The van der Waals surface area contributed by atoms with Crippen LogP contribution in [0.4, 0.5) is 20.2 Å². The molecule has 0 atom stereocenters. The molecule has 0 aliphatic carbocycles. The van der Waals surface area contributed by atoms with Crippen molar-refractivity contribution in [2.24, 2.45) is 0 Å². The van der Waals surface area contributed by atoms with Gasteiger partial charge in [-0.1, -0.05) is 0 Å². The second-order valence-electron chi connectivity index (χ2n) is 4.77. The maximum atomic E-state index is 14.8. The molecule has 0 unspecified atom stereocenters. The Hall–Kier alpha value is -2.27. The van der Waals surface area contributed by atoms with E-state index in [4.69, 9.17) is 0 Å². The molecule has 0 bridgehead atoms. The number of nitrogens with one attached hydrogen (secondary N) is 2. The van der Waals surface area contributed by atoms with Gasteiger partial charge in [-0.05, 0) is 40.8 Å². The van der Waals surface area contributed by atoms with Crippen molar-refractivity contribution in [3.8, 4) is 0 Å². The standard InChI is InChI=1S/C15H11F2IN4O2/c1-24-21-15(23)9-7-22-5-4-19-14(22)12(17)13(9)20-11-3-2-8(18)6-10(11)16/h2-7,20H,1H3,(H,21,23). The predicted octanol–water partition coefficient (Wildman–Crippen LogP) is 3.25. The maximum absolute atomic E-state index is 14.8. The number of nitrogens with zero attached hydrogens (tertiary/aromatic N) is 2. The SMILES string of the molecule is CONC(=O)c1cn2ccnc2c(F)c1Nc1ccc(I)cc1F. The van der Waals surface area contributed by atoms with E-state index in [0.717, 1.165) is 0 Å². The number of hydrogen-bond donors (Lipinski definition) is 2. The van der Waals surface area contributed by atoms with Crippen LogP contribution in [0.15, 0.2) is 36.8 Å². The summed E-state index contributed by atoms with van der Waals surface area (Å²) < 4.78 is 30.9. The molecular formula is C15H11F2IN4O2. The number of hydrogen-bond acceptors (Lipinski definition) is 4. The Labute approximate surface area is 148 Å². The Morgan fingerprint density at radius 1 is 1.38 bits per heavy atom. The van der Waals surface area contributed by atoms with Crippen LogP contribution in [-0.2, 0) is 4.84 Å². The van der Waals surface area contributed by atoms with E-state index in [2.05, 4.69) is 20.6 Å². The van der Waals surface area contributed by atoms with E-state index in [1.54, 1.807) is 6.07 Å². The zero-order valence-electron chi connectivity index (χ0n) is 12.3. The van der Waals surface area contributed by atoms with Crippen LogP contribution in [0.2, 0.25) is 0 Å². The Morgan fingerprint density at radius 2 is 2.17 bits per heavy atom. The average molecular weight is 444 g/mol. The minimum Gasteiger partial charge on any atom is -0.350 e. The topological polar surface area (TPSA) is 67.7 Å². The molecule has 0 aliphatic rings. The fourth-order valence-electron chi connectivity index (χ4n) is 2.19. The van der Waals surface area contributed by atoms with E-state index in [1.165, 1.54) is 42.2 Å². The molecular weight excluding hydrogens is 433 g/mol. The summed E-state index contributed by atoms with van der Waals surface area (Å²) >= 11 is 1.96. The number of anilines is 2. The second kappa shape index (κ2) is 6.69. The third-order valence-corrected chi connectivity index (χ3v) is 3.92. The van der Waals surface area contributed by atoms with Crippen molar-refractivity contribution in [3.05, 3.63) is 57.6 Å². The molecule has 0 saturated heterocycles. The molecule has 2 aromatic heterocycles. The predicted molar refractivity (Wildman–Crippen MR) is 92.0 cm³/mol. The van der Waals surface area contributed by atoms with Gasteiger partial charge in [0.15, 0.2) is 11.5 Å². The molecule has 2 N–H and O–H groups in total. The number of aromatic nitrogens is 2. The molecule has 0 aliphatic heterocycles. The highest BCUT2D eigenvalue weighted by atomic mass is 127. The smallest absolute Gasteiger partial charge is 0.278 e. The number of amides is 1. The molecule has 0 saturated carbocycles. The van der Waals surface area contributed by atoms with Crippen LogP contribution in [0.1, 0.15) is 10.4 Å². The molecule has 1 amide bonds. The zero-order valence-corrected chi connectivity index (χ0v) is 14.5. The van der Waals surface area contributed by atoms with Crippen LogP contribution in [0.25, 0.3) is 5.65 Å². The van der Waals surface area contributed by atoms with Crippen molar-refractivity contribution < 1.29 is 18.4 Å². The van der Waals surface area contributed by atoms with E-state index >= 15 is 0 Å². The van der Waals surface area contributed by atoms with Gasteiger partial charge in [0, 0.05) is 22.2 Å². The monoisotopic (exact) mass is 444 g/mol. The van der Waals surface area contributed by atoms with E-state index < -0.39 is 17.5 Å². The fourth-order valence-corrected chi connectivity index (χ4v) is 2.64. The molecule has 3 rings (SSSR count). The molecule has 9 heteroatoms. The van der Waals surface area contributed by atoms with Crippen molar-refractivity contribution in [1.82, 2.24) is 14.9 Å². The van der Waals surface area contributed by atoms with Gasteiger partial charge in [0.2, 0.25) is 0 Å². The minimum atomic E-state index is -0.776. The van der Waals surface area contributed by atoms with Gasteiger partial charge < -0.3 is 9.72 Å². The molecule has 24 heavy (non-hydrogen) atoms. The maximum Gasteiger partial charge on any atom is 0.278 e. The third-order valence-electron chi connectivity index (χ3n) is 3.25. The van der Waals surface area contributed by atoms with Crippen LogP contribution >= 0.6 is 22.6 Å². The van der Waals surface area contributed by atoms with Gasteiger partial charge in [0.05, 0.1) is 24.0 Å². The average Bonchev–Trinajstić information content (AvgIpc) is 3.01. The summed E-state index contributed by atoms with van der Waals surface area (Å²) in [5, 5.41) is 2.63. The molecule has 3 aromatic rings. The number of carbonyl (C=O) groups is 1. The number of hydroxylamine groups is 1. The molecule has 0 spiro atoms. The highest BCUT2D eigenvalue weighted by Crippen LogP contribution is 2.29. The first-order chi connectivity index (χ1) is 11.5. The summed E-state index contributed by atoms with van der Waals surface area (Å²) in [5.74, 6) is -2.02. The van der Waals surface area contributed by atoms with Crippen LogP contribution in [0, 0.1) is 15.2 Å². The Morgan fingerprint density at radius 3 is 2.88 bits per heavy atom. The Balaban J connectivity index is 2.15. The molecule has 2 heterocycles. The van der Waals surface area contributed by atoms with Crippen LogP contribution in [0.5, 0.6) is 0 Å². The minimum absolute atomic E-state index is 0.0115. The summed E-state index contributed by atoms with van der Waals surface area (Å²) in [6.45, 7) is 0. The highest BCUT2D eigenvalue weighted by molar-refractivity contribution is 14.1. The highest BCUT2D eigenvalue weighted by Gasteiger charge is 2.21. The lowest BCUT2D eigenvalue weighted by Gasteiger charge is -2.14. The fraction of sp³-hybridized carbons (Fsp3) is 0.0667. The van der Waals surface area contributed by atoms with Crippen LogP contribution < -0.4 is 10.8 Å². The second-order valence-corrected chi connectivity index (χ2v) is 6.02. The number of imidazole rings is 1. The zero-order chi connectivity index (χ0) is 17.3. The first-order valence-corrected chi connectivity index (χ1v) is 7.79. The number of halogens is 3. The van der Waals surface area contributed by atoms with Gasteiger partial charge in [-0.15, -0.1) is 0 Å². The Kier molecular flexibility index (Phi) is 4.62. The normalized spacial score (nSPS) is 10.8. The number of fused-ring (bicyclic) bond motifs is 1. The van der Waals surface area contributed by atoms with E-state index in [1.807, 2.05) is 22.6 Å². The van der Waals surface area contributed by atoms with Crippen LogP contribution in [0.3, 0.4) is 0 Å². The third kappa shape index (κ3) is 3.04. The van der Waals surface area contributed by atoms with Crippen molar-refractivity contribution in [2.75, 3.05) is 12.4 Å².